The van der Waals surface area contributed by atoms with Gasteiger partial charge in [-0.05, 0) is 30.2 Å². The minimum Gasteiger partial charge on any atom is -0.511 e. The Labute approximate surface area is 255 Å². The van der Waals surface area contributed by atoms with Gasteiger partial charge in [0.15, 0.2) is 11.5 Å². The Balaban J connectivity index is 1.43. The van der Waals surface area contributed by atoms with Crippen molar-refractivity contribution in [3.05, 3.63) is 101 Å². The van der Waals surface area contributed by atoms with Crippen molar-refractivity contribution in [3.63, 3.8) is 0 Å². The molecule has 5 rings (SSSR count). The number of allylic oxidation sites excluding steroid dienone is 7. The molecule has 2 aromatic rings. The highest BCUT2D eigenvalue weighted by Gasteiger charge is 2.43. The molecule has 0 saturated carbocycles. The Morgan fingerprint density at radius 1 is 0.884 bits per heavy atom. The topological polar surface area (TPSA) is 97.9 Å². The van der Waals surface area contributed by atoms with E-state index < -0.39 is 16.0 Å². The number of anilines is 2. The number of ketones is 1. The first-order valence-corrected chi connectivity index (χ1v) is 16.9. The zero-order valence-electron chi connectivity index (χ0n) is 24.9. The van der Waals surface area contributed by atoms with Crippen LogP contribution in [0.25, 0.3) is 5.57 Å². The van der Waals surface area contributed by atoms with Crippen LogP contribution < -0.4 is 4.90 Å². The van der Waals surface area contributed by atoms with Gasteiger partial charge in [0.2, 0.25) is 0 Å². The number of rotatable bonds is 12. The SMILES string of the molecule is CCCC[N+](CCCC)=C1C=CC(C2C(=O)C(C=C3c4ccccc4N(CCCS(=O)(=O)O)c4ccccc43)=C2O)C=C1. The number of fused-ring (bicyclic) bond motifs is 2. The summed E-state index contributed by atoms with van der Waals surface area (Å²) in [4.78, 5) is 15.6. The second kappa shape index (κ2) is 13.3. The number of unbranched alkanes of at least 4 members (excludes halogenated alkanes) is 2. The largest absolute Gasteiger partial charge is 0.511 e. The number of Topliss-reactive ketones (excluding diaryl/α,β-unsaturated/α-hetero) is 1. The molecule has 3 aliphatic rings. The summed E-state index contributed by atoms with van der Waals surface area (Å²) in [5.74, 6) is -1.08. The molecule has 2 N–H and O–H groups in total. The molecule has 1 aliphatic heterocycles. The normalized spacial score (nSPS) is 19.3. The number of nitrogens with zero attached hydrogens (tertiary/aromatic N) is 2. The lowest BCUT2D eigenvalue weighted by atomic mass is 9.72. The molecule has 2 aromatic carbocycles. The van der Waals surface area contributed by atoms with Crippen LogP contribution >= 0.6 is 0 Å². The van der Waals surface area contributed by atoms with Gasteiger partial charge in [0.25, 0.3) is 10.1 Å². The second-order valence-corrected chi connectivity index (χ2v) is 13.0. The summed E-state index contributed by atoms with van der Waals surface area (Å²) in [6, 6.07) is 15.5. The van der Waals surface area contributed by atoms with Crippen molar-refractivity contribution in [2.45, 2.75) is 46.0 Å². The predicted octanol–water partition coefficient (Wildman–Crippen LogP) is 6.65. The van der Waals surface area contributed by atoms with Crippen molar-refractivity contribution >= 4 is 38.6 Å². The number of hydrogen-bond donors (Lipinski definition) is 2. The molecule has 8 heteroatoms. The second-order valence-electron chi connectivity index (χ2n) is 11.4. The smallest absolute Gasteiger partial charge is 0.264 e. The van der Waals surface area contributed by atoms with E-state index in [1.165, 1.54) is 0 Å². The van der Waals surface area contributed by atoms with E-state index in [9.17, 15) is 22.9 Å². The monoisotopic (exact) mass is 601 g/mol. The van der Waals surface area contributed by atoms with E-state index >= 15 is 0 Å². The minimum absolute atomic E-state index is 0.0767. The van der Waals surface area contributed by atoms with Crippen molar-refractivity contribution in [1.82, 2.24) is 0 Å². The molecule has 1 heterocycles. The molecule has 1 atom stereocenters. The molecule has 1 unspecified atom stereocenters. The lowest BCUT2D eigenvalue weighted by Crippen LogP contribution is -2.36. The summed E-state index contributed by atoms with van der Waals surface area (Å²) >= 11 is 0. The fraction of sp³-hybridized carbons (Fsp3) is 0.371. The third kappa shape index (κ3) is 6.60. The highest BCUT2D eigenvalue weighted by molar-refractivity contribution is 7.85. The van der Waals surface area contributed by atoms with E-state index in [4.69, 9.17) is 0 Å². The standard InChI is InChI=1S/C35H40N2O5S/c1-3-5-20-36(21-6-4-2)26-18-16-25(17-19-26)33-34(38)30(35(33)39)24-29-27-12-7-9-14-31(27)37(22-11-23-43(40,41)42)32-15-10-8-13-28(29)32/h7-10,12-19,24-25,33H,3-6,11,20-23H2,1-2H3,(H-,38,39,40,41,42)/p+1. The van der Waals surface area contributed by atoms with E-state index in [0.29, 0.717) is 12.1 Å². The number of hydrogen-bond acceptors (Lipinski definition) is 5. The quantitative estimate of drug-likeness (QED) is 0.209. The van der Waals surface area contributed by atoms with Crippen molar-refractivity contribution < 1.29 is 27.4 Å². The Morgan fingerprint density at radius 3 is 1.95 bits per heavy atom. The van der Waals surface area contributed by atoms with Gasteiger partial charge in [-0.15, -0.1) is 0 Å². The van der Waals surface area contributed by atoms with Gasteiger partial charge in [0.05, 0.1) is 17.2 Å². The molecule has 226 valence electrons. The van der Waals surface area contributed by atoms with Gasteiger partial charge in [0.1, 0.15) is 18.8 Å². The van der Waals surface area contributed by atoms with Crippen molar-refractivity contribution in [2.24, 2.45) is 11.8 Å². The molecule has 0 spiro atoms. The molecular weight excluding hydrogens is 560 g/mol. The van der Waals surface area contributed by atoms with Crippen LogP contribution in [-0.2, 0) is 14.9 Å². The number of carbonyl (C=O) groups excluding carboxylic acids is 1. The first-order valence-electron chi connectivity index (χ1n) is 15.3. The fourth-order valence-electron chi connectivity index (χ4n) is 6.14. The average molecular weight is 602 g/mol. The van der Waals surface area contributed by atoms with Gasteiger partial charge in [-0.2, -0.15) is 8.42 Å². The minimum atomic E-state index is -4.07. The molecular formula is C35H41N2O5S+. The van der Waals surface area contributed by atoms with Gasteiger partial charge >= 0.3 is 0 Å². The Morgan fingerprint density at radius 2 is 1.44 bits per heavy atom. The van der Waals surface area contributed by atoms with Gasteiger partial charge < -0.3 is 10.0 Å². The molecule has 0 saturated heterocycles. The summed E-state index contributed by atoms with van der Waals surface area (Å²) in [5, 5.41) is 11.2. The van der Waals surface area contributed by atoms with Gasteiger partial charge in [-0.25, -0.2) is 4.58 Å². The molecule has 0 amide bonds. The Hall–Kier alpha value is -3.75. The van der Waals surface area contributed by atoms with Gasteiger partial charge in [-0.1, -0.05) is 75.2 Å². The van der Waals surface area contributed by atoms with Crippen LogP contribution in [0.4, 0.5) is 11.4 Å². The van der Waals surface area contributed by atoms with Crippen LogP contribution in [0.15, 0.2) is 90.2 Å². The highest BCUT2D eigenvalue weighted by Crippen LogP contribution is 2.47. The molecule has 0 bridgehead atoms. The van der Waals surface area contributed by atoms with Crippen LogP contribution in [0.5, 0.6) is 0 Å². The van der Waals surface area contributed by atoms with Crippen molar-refractivity contribution in [2.75, 3.05) is 30.3 Å². The summed E-state index contributed by atoms with van der Waals surface area (Å²) in [5.41, 5.74) is 5.85. The van der Waals surface area contributed by atoms with Crippen LogP contribution in [-0.4, -0.2) is 59.5 Å². The molecule has 2 aliphatic carbocycles. The average Bonchev–Trinajstić information content (AvgIpc) is 3.00. The third-order valence-corrected chi connectivity index (χ3v) is 9.26. The zero-order valence-corrected chi connectivity index (χ0v) is 25.8. The molecule has 43 heavy (non-hydrogen) atoms. The number of aliphatic hydroxyl groups excluding tert-OH is 1. The van der Waals surface area contributed by atoms with Crippen LogP contribution in [0.2, 0.25) is 0 Å². The molecule has 0 radical (unpaired) electrons. The fourth-order valence-corrected chi connectivity index (χ4v) is 6.64. The molecule has 7 nitrogen and oxygen atoms in total. The number of carbonyl (C=O) groups is 1. The summed E-state index contributed by atoms with van der Waals surface area (Å²) < 4.78 is 34.4. The number of para-hydroxylation sites is 2. The first-order chi connectivity index (χ1) is 20.7. The summed E-state index contributed by atoms with van der Waals surface area (Å²) in [6.45, 7) is 6.81. The van der Waals surface area contributed by atoms with Crippen LogP contribution in [0.3, 0.4) is 0 Å². The van der Waals surface area contributed by atoms with Gasteiger partial charge in [-0.3, -0.25) is 9.35 Å². The molecule has 0 aromatic heterocycles. The summed E-state index contributed by atoms with van der Waals surface area (Å²) in [6.07, 6.45) is 14.9. The zero-order chi connectivity index (χ0) is 30.6. The molecule has 0 fully saturated rings. The Kier molecular flexibility index (Phi) is 9.47. The number of aliphatic hydroxyl groups is 1. The Bertz CT molecular complexity index is 1570. The van der Waals surface area contributed by atoms with Crippen molar-refractivity contribution in [3.8, 4) is 0 Å². The predicted molar refractivity (Wildman–Crippen MR) is 173 cm³/mol. The van der Waals surface area contributed by atoms with Crippen molar-refractivity contribution in [1.29, 1.82) is 0 Å². The maximum absolute atomic E-state index is 13.5. The maximum atomic E-state index is 13.5. The lowest BCUT2D eigenvalue weighted by molar-refractivity contribution is -0.527. The lowest BCUT2D eigenvalue weighted by Gasteiger charge is -2.36. The van der Waals surface area contributed by atoms with Crippen LogP contribution in [0, 0.1) is 11.8 Å². The first kappa shape index (κ1) is 30.7. The van der Waals surface area contributed by atoms with E-state index in [1.807, 2.05) is 65.6 Å². The summed E-state index contributed by atoms with van der Waals surface area (Å²) in [7, 11) is -4.07. The third-order valence-electron chi connectivity index (χ3n) is 8.45. The van der Waals surface area contributed by atoms with E-state index in [0.717, 1.165) is 72.6 Å². The van der Waals surface area contributed by atoms with E-state index in [2.05, 4.69) is 30.6 Å². The van der Waals surface area contributed by atoms with Crippen LogP contribution in [0.1, 0.15) is 57.1 Å². The maximum Gasteiger partial charge on any atom is 0.264 e. The van der Waals surface area contributed by atoms with Gasteiger partial charge in [0, 0.05) is 60.0 Å². The van der Waals surface area contributed by atoms with E-state index in [1.54, 1.807) is 6.08 Å². The highest BCUT2D eigenvalue weighted by atomic mass is 32.2. The van der Waals surface area contributed by atoms with E-state index in [-0.39, 0.29) is 29.6 Å². The number of benzene rings is 2.